The molecule has 10 rings (SSSR count). The third-order valence-corrected chi connectivity index (χ3v) is 10.8. The lowest BCUT2D eigenvalue weighted by Crippen LogP contribution is -2.18. The van der Waals surface area contributed by atoms with Gasteiger partial charge in [-0.2, -0.15) is 0 Å². The van der Waals surface area contributed by atoms with E-state index in [1.807, 2.05) is 0 Å². The lowest BCUT2D eigenvalue weighted by atomic mass is 9.78. The summed E-state index contributed by atoms with van der Waals surface area (Å²) in [5, 5.41) is 7.37. The molecule has 1 aliphatic rings. The van der Waals surface area contributed by atoms with E-state index in [0.29, 0.717) is 0 Å². The summed E-state index contributed by atoms with van der Waals surface area (Å²) in [6.45, 7) is 4.72. The number of fused-ring (bicyclic) bond motifs is 9. The first-order valence-electron chi connectivity index (χ1n) is 17.7. The number of benzene rings is 8. The van der Waals surface area contributed by atoms with Crippen LogP contribution >= 0.6 is 0 Å². The highest BCUT2D eigenvalue weighted by Gasteiger charge is 2.42. The van der Waals surface area contributed by atoms with Crippen molar-refractivity contribution in [2.75, 3.05) is 0 Å². The first kappa shape index (κ1) is 29.5. The van der Waals surface area contributed by atoms with Crippen molar-refractivity contribution in [3.05, 3.63) is 181 Å². The van der Waals surface area contributed by atoms with E-state index in [1.54, 1.807) is 0 Å². The third-order valence-electron chi connectivity index (χ3n) is 10.8. The fourth-order valence-electron chi connectivity index (χ4n) is 8.50. The van der Waals surface area contributed by atoms with Crippen LogP contribution in [0.1, 0.15) is 25.0 Å². The van der Waals surface area contributed by atoms with Crippen LogP contribution in [0.3, 0.4) is 0 Å². The molecule has 8 aromatic carbocycles. The normalized spacial score (nSPS) is 13.1. The molecule has 1 aliphatic carbocycles. The van der Waals surface area contributed by atoms with Gasteiger partial charge in [0.05, 0.1) is 11.4 Å². The first-order valence-corrected chi connectivity index (χ1v) is 17.7. The molecule has 0 spiro atoms. The lowest BCUT2D eigenvalue weighted by Gasteiger charge is -2.25. The molecular weight excluding hydrogens is 617 g/mol. The molecule has 9 aromatic rings. The Bertz CT molecular complexity index is 2820. The van der Waals surface area contributed by atoms with Gasteiger partial charge in [-0.1, -0.05) is 172 Å². The zero-order valence-corrected chi connectivity index (χ0v) is 28.6. The summed E-state index contributed by atoms with van der Waals surface area (Å²) in [6, 6.07) is 61.0. The van der Waals surface area contributed by atoms with Crippen LogP contribution in [-0.2, 0) is 5.41 Å². The average molecular weight is 651 g/mol. The van der Waals surface area contributed by atoms with Crippen molar-refractivity contribution in [3.63, 3.8) is 0 Å². The summed E-state index contributed by atoms with van der Waals surface area (Å²) in [7, 11) is 0. The predicted molar refractivity (Wildman–Crippen MR) is 214 cm³/mol. The van der Waals surface area contributed by atoms with Crippen molar-refractivity contribution in [1.29, 1.82) is 0 Å². The Morgan fingerprint density at radius 2 is 0.863 bits per heavy atom. The lowest BCUT2D eigenvalue weighted by molar-refractivity contribution is 0.664. The van der Waals surface area contributed by atoms with Gasteiger partial charge in [-0.25, -0.2) is 9.97 Å². The quantitative estimate of drug-likeness (QED) is 0.177. The van der Waals surface area contributed by atoms with Crippen LogP contribution in [-0.4, -0.2) is 9.97 Å². The van der Waals surface area contributed by atoms with Gasteiger partial charge in [-0.05, 0) is 72.3 Å². The van der Waals surface area contributed by atoms with E-state index in [1.165, 1.54) is 60.3 Å². The molecule has 1 heterocycles. The number of aromatic nitrogens is 2. The molecular formula is C49H34N2. The van der Waals surface area contributed by atoms with E-state index in [0.717, 1.165) is 39.3 Å². The Balaban J connectivity index is 1.27. The minimum Gasteiger partial charge on any atom is -0.228 e. The van der Waals surface area contributed by atoms with E-state index in [4.69, 9.17) is 9.97 Å². The van der Waals surface area contributed by atoms with Crippen LogP contribution in [0.5, 0.6) is 0 Å². The SMILES string of the molecule is CC1(C)c2c(-c3cccc(-c4cccc(-c5ccccc5)c4)c3)nc(-c3cccc4ccccc34)nc2-c2c1c1ccccc1c1ccccc21. The molecule has 0 saturated heterocycles. The van der Waals surface area contributed by atoms with E-state index in [-0.39, 0.29) is 5.41 Å². The van der Waals surface area contributed by atoms with Gasteiger partial charge < -0.3 is 0 Å². The summed E-state index contributed by atoms with van der Waals surface area (Å²) in [5.41, 5.74) is 12.3. The van der Waals surface area contributed by atoms with Crippen molar-refractivity contribution in [1.82, 2.24) is 9.97 Å². The van der Waals surface area contributed by atoms with Crippen molar-refractivity contribution < 1.29 is 0 Å². The van der Waals surface area contributed by atoms with Crippen LogP contribution in [0.15, 0.2) is 170 Å². The summed E-state index contributed by atoms with van der Waals surface area (Å²) >= 11 is 0. The number of rotatable bonds is 4. The minimum absolute atomic E-state index is 0.357. The van der Waals surface area contributed by atoms with Crippen molar-refractivity contribution in [2.45, 2.75) is 19.3 Å². The maximum Gasteiger partial charge on any atom is 0.161 e. The maximum absolute atomic E-state index is 5.57. The highest BCUT2D eigenvalue weighted by molar-refractivity contribution is 6.18. The molecule has 0 atom stereocenters. The van der Waals surface area contributed by atoms with Gasteiger partial charge in [0, 0.05) is 27.7 Å². The zero-order valence-electron chi connectivity index (χ0n) is 28.6. The van der Waals surface area contributed by atoms with Gasteiger partial charge in [0.2, 0.25) is 0 Å². The second-order valence-electron chi connectivity index (χ2n) is 14.1. The van der Waals surface area contributed by atoms with Crippen LogP contribution < -0.4 is 0 Å². The zero-order chi connectivity index (χ0) is 34.1. The van der Waals surface area contributed by atoms with Gasteiger partial charge in [0.1, 0.15) is 0 Å². The molecule has 0 saturated carbocycles. The number of nitrogens with zero attached hydrogens (tertiary/aromatic N) is 2. The van der Waals surface area contributed by atoms with Crippen LogP contribution in [0.4, 0.5) is 0 Å². The molecule has 51 heavy (non-hydrogen) atoms. The first-order chi connectivity index (χ1) is 25.1. The Kier molecular flexibility index (Phi) is 6.56. The summed E-state index contributed by atoms with van der Waals surface area (Å²) in [4.78, 5) is 11.1. The molecule has 2 nitrogen and oxygen atoms in total. The molecule has 1 aromatic heterocycles. The Morgan fingerprint density at radius 1 is 0.373 bits per heavy atom. The Hall–Kier alpha value is -6.38. The topological polar surface area (TPSA) is 25.8 Å². The number of hydrogen-bond acceptors (Lipinski definition) is 2. The Labute approximate surface area is 297 Å². The average Bonchev–Trinajstić information content (AvgIpc) is 3.44. The maximum atomic E-state index is 5.57. The highest BCUT2D eigenvalue weighted by Crippen LogP contribution is 2.56. The van der Waals surface area contributed by atoms with Gasteiger partial charge in [-0.15, -0.1) is 0 Å². The van der Waals surface area contributed by atoms with Gasteiger partial charge in [0.15, 0.2) is 5.82 Å². The molecule has 240 valence electrons. The largest absolute Gasteiger partial charge is 0.228 e. The van der Waals surface area contributed by atoms with Gasteiger partial charge >= 0.3 is 0 Å². The molecule has 0 aliphatic heterocycles. The highest BCUT2D eigenvalue weighted by atomic mass is 14.9. The van der Waals surface area contributed by atoms with Gasteiger partial charge in [-0.3, -0.25) is 0 Å². The van der Waals surface area contributed by atoms with E-state index < -0.39 is 0 Å². The van der Waals surface area contributed by atoms with Crippen LogP contribution in [0.2, 0.25) is 0 Å². The smallest absolute Gasteiger partial charge is 0.161 e. The molecule has 0 amide bonds. The second kappa shape index (κ2) is 11.3. The fraction of sp³-hybridized carbons (Fsp3) is 0.0612. The van der Waals surface area contributed by atoms with E-state index >= 15 is 0 Å². The number of hydrogen-bond donors (Lipinski definition) is 0. The summed E-state index contributed by atoms with van der Waals surface area (Å²) in [6.07, 6.45) is 0. The van der Waals surface area contributed by atoms with Crippen molar-refractivity contribution >= 4 is 32.3 Å². The molecule has 0 fully saturated rings. The standard InChI is InChI=1S/C49H34N2/c1-49(2)44-41-27-11-9-25-39(41)38-24-8-10-26-40(38)43(44)47-45(49)46(50-48(51-47)42-28-14-18-32-17-6-7-23-37(32)42)36-22-13-21-35(30-36)34-20-12-19-33(29-34)31-15-4-3-5-16-31/h3-30H,1-2H3. The molecule has 0 N–H and O–H groups in total. The predicted octanol–water partition coefficient (Wildman–Crippen LogP) is 12.9. The third kappa shape index (κ3) is 4.57. The van der Waals surface area contributed by atoms with E-state index in [2.05, 4.69) is 184 Å². The van der Waals surface area contributed by atoms with Crippen LogP contribution in [0, 0.1) is 0 Å². The second-order valence-corrected chi connectivity index (χ2v) is 14.1. The molecule has 2 heteroatoms. The van der Waals surface area contributed by atoms with Crippen molar-refractivity contribution in [3.8, 4) is 56.2 Å². The summed E-state index contributed by atoms with van der Waals surface area (Å²) in [5.74, 6) is 0.748. The molecule has 0 unspecified atom stereocenters. The molecule has 0 radical (unpaired) electrons. The van der Waals surface area contributed by atoms with Crippen molar-refractivity contribution in [2.24, 2.45) is 0 Å². The van der Waals surface area contributed by atoms with Crippen LogP contribution in [0.25, 0.3) is 88.5 Å². The summed E-state index contributed by atoms with van der Waals surface area (Å²) < 4.78 is 0. The fourth-order valence-corrected chi connectivity index (χ4v) is 8.50. The minimum atomic E-state index is -0.357. The van der Waals surface area contributed by atoms with Gasteiger partial charge in [0.25, 0.3) is 0 Å². The van der Waals surface area contributed by atoms with E-state index in [9.17, 15) is 0 Å². The molecule has 0 bridgehead atoms. The Morgan fingerprint density at radius 3 is 1.61 bits per heavy atom. The monoisotopic (exact) mass is 650 g/mol.